The van der Waals surface area contributed by atoms with Gasteiger partial charge in [-0.3, -0.25) is 0 Å². The van der Waals surface area contributed by atoms with E-state index < -0.39 is 5.79 Å². The van der Waals surface area contributed by atoms with Gasteiger partial charge in [0.05, 0.1) is 13.2 Å². The largest absolute Gasteiger partial charge is 0.345 e. The summed E-state index contributed by atoms with van der Waals surface area (Å²) in [5.41, 5.74) is 6.66. The van der Waals surface area contributed by atoms with E-state index in [9.17, 15) is 0 Å². The molecule has 1 heterocycles. The van der Waals surface area contributed by atoms with Crippen molar-refractivity contribution >= 4 is 15.9 Å². The van der Waals surface area contributed by atoms with Crippen molar-refractivity contribution in [1.82, 2.24) is 0 Å². The van der Waals surface area contributed by atoms with Gasteiger partial charge in [0.15, 0.2) is 5.79 Å². The van der Waals surface area contributed by atoms with E-state index in [1.165, 1.54) is 22.3 Å². The van der Waals surface area contributed by atoms with Gasteiger partial charge in [-0.05, 0) is 46.9 Å². The Morgan fingerprint density at radius 1 is 0.958 bits per heavy atom. The van der Waals surface area contributed by atoms with Crippen LogP contribution in [-0.4, -0.2) is 13.2 Å². The zero-order chi connectivity index (χ0) is 16.9. The number of halogens is 1. The van der Waals surface area contributed by atoms with Crippen LogP contribution in [0.5, 0.6) is 0 Å². The van der Waals surface area contributed by atoms with Crippen LogP contribution in [0.15, 0.2) is 40.9 Å². The van der Waals surface area contributed by atoms with Crippen molar-refractivity contribution in [3.63, 3.8) is 0 Å². The lowest BCUT2D eigenvalue weighted by atomic mass is 9.91. The van der Waals surface area contributed by atoms with Crippen LogP contribution in [0.4, 0.5) is 0 Å². The lowest BCUT2D eigenvalue weighted by Gasteiger charge is -2.43. The molecule has 3 heteroatoms. The minimum Gasteiger partial charge on any atom is -0.345 e. The van der Waals surface area contributed by atoms with E-state index in [0.29, 0.717) is 0 Å². The summed E-state index contributed by atoms with van der Waals surface area (Å²) < 4.78 is 13.6. The van der Waals surface area contributed by atoms with Crippen LogP contribution in [0, 0.1) is 5.41 Å². The molecular formula is C21H23BrO2. The number of fused-ring (bicyclic) bond motifs is 3. The molecule has 24 heavy (non-hydrogen) atoms. The van der Waals surface area contributed by atoms with E-state index in [4.69, 9.17) is 9.47 Å². The molecule has 1 fully saturated rings. The predicted octanol–water partition coefficient (Wildman–Crippen LogP) is 5.66. The van der Waals surface area contributed by atoms with Crippen molar-refractivity contribution in [2.24, 2.45) is 5.41 Å². The molecule has 0 unspecified atom stereocenters. The summed E-state index contributed by atoms with van der Waals surface area (Å²) in [6, 6.07) is 13.2. The van der Waals surface area contributed by atoms with E-state index in [2.05, 4.69) is 73.1 Å². The highest BCUT2D eigenvalue weighted by Crippen LogP contribution is 2.43. The van der Waals surface area contributed by atoms with Gasteiger partial charge in [0.1, 0.15) is 0 Å². The highest BCUT2D eigenvalue weighted by molar-refractivity contribution is 9.10. The second-order valence-corrected chi connectivity index (χ2v) is 8.61. The Balaban J connectivity index is 1.70. The molecular weight excluding hydrogens is 364 g/mol. The van der Waals surface area contributed by atoms with Crippen molar-refractivity contribution in [2.45, 2.75) is 39.4 Å². The van der Waals surface area contributed by atoms with E-state index in [1.807, 2.05) is 0 Å². The Hall–Kier alpha value is -1.16. The molecule has 126 valence electrons. The molecule has 1 aliphatic heterocycles. The number of benzene rings is 2. The number of hydrogen-bond donors (Lipinski definition) is 0. The van der Waals surface area contributed by atoms with Gasteiger partial charge in [0.2, 0.25) is 0 Å². The van der Waals surface area contributed by atoms with Crippen LogP contribution in [0.3, 0.4) is 0 Å². The van der Waals surface area contributed by atoms with E-state index >= 15 is 0 Å². The molecule has 0 aromatic heterocycles. The second-order valence-electron chi connectivity index (χ2n) is 7.70. The summed E-state index contributed by atoms with van der Waals surface area (Å²) >= 11 is 3.58. The molecule has 2 nitrogen and oxygen atoms in total. The summed E-state index contributed by atoms with van der Waals surface area (Å²) in [7, 11) is 0. The summed E-state index contributed by atoms with van der Waals surface area (Å²) in [6.07, 6.45) is 1.80. The Labute approximate surface area is 152 Å². The Kier molecular flexibility index (Phi) is 3.87. The third-order valence-electron chi connectivity index (χ3n) is 5.14. The molecule has 1 saturated heterocycles. The fourth-order valence-corrected chi connectivity index (χ4v) is 4.11. The topological polar surface area (TPSA) is 18.5 Å². The van der Waals surface area contributed by atoms with Crippen LogP contribution in [0.2, 0.25) is 0 Å². The molecule has 1 aliphatic carbocycles. The van der Waals surface area contributed by atoms with Gasteiger partial charge in [-0.1, -0.05) is 54.9 Å². The molecule has 0 spiro atoms. The Bertz CT molecular complexity index is 784. The first-order valence-electron chi connectivity index (χ1n) is 8.63. The smallest absolute Gasteiger partial charge is 0.194 e. The van der Waals surface area contributed by atoms with Crippen LogP contribution >= 0.6 is 15.9 Å². The molecule has 0 saturated carbocycles. The molecule has 2 aromatic carbocycles. The number of rotatable bonds is 2. The molecule has 0 bridgehead atoms. The molecule has 0 amide bonds. The van der Waals surface area contributed by atoms with Gasteiger partial charge in [0.25, 0.3) is 0 Å². The van der Waals surface area contributed by atoms with Gasteiger partial charge in [-0.2, -0.15) is 0 Å². The lowest BCUT2D eigenvalue weighted by Crippen LogP contribution is -2.45. The fourth-order valence-electron chi connectivity index (χ4n) is 3.70. The zero-order valence-electron chi connectivity index (χ0n) is 14.5. The quantitative estimate of drug-likeness (QED) is 0.565. The summed E-state index contributed by atoms with van der Waals surface area (Å²) in [5.74, 6) is -0.597. The van der Waals surface area contributed by atoms with Gasteiger partial charge in [-0.15, -0.1) is 0 Å². The van der Waals surface area contributed by atoms with Gasteiger partial charge in [0, 0.05) is 21.9 Å². The van der Waals surface area contributed by atoms with Crippen molar-refractivity contribution < 1.29 is 9.47 Å². The standard InChI is InChI=1S/C21H23BrO2/c1-4-21(23-12-20(2,3)13-24-21)16-5-7-18-14(10-16)9-15-11-17(22)6-8-19(15)18/h5-8,10-11H,4,9,12-13H2,1-3H3. The third kappa shape index (κ3) is 2.63. The van der Waals surface area contributed by atoms with Crippen molar-refractivity contribution in [1.29, 1.82) is 0 Å². The van der Waals surface area contributed by atoms with Crippen LogP contribution in [-0.2, 0) is 21.7 Å². The van der Waals surface area contributed by atoms with E-state index in [1.54, 1.807) is 0 Å². The maximum atomic E-state index is 6.24. The summed E-state index contributed by atoms with van der Waals surface area (Å²) in [4.78, 5) is 0. The molecule has 0 N–H and O–H groups in total. The van der Waals surface area contributed by atoms with Crippen molar-refractivity contribution in [3.8, 4) is 11.1 Å². The van der Waals surface area contributed by atoms with Crippen molar-refractivity contribution in [2.75, 3.05) is 13.2 Å². The van der Waals surface area contributed by atoms with Crippen LogP contribution < -0.4 is 0 Å². The zero-order valence-corrected chi connectivity index (χ0v) is 16.1. The molecule has 0 radical (unpaired) electrons. The maximum Gasteiger partial charge on any atom is 0.194 e. The summed E-state index contributed by atoms with van der Waals surface area (Å²) in [5, 5.41) is 0. The second kappa shape index (κ2) is 5.69. The Morgan fingerprint density at radius 3 is 2.25 bits per heavy atom. The normalized spacial score (nSPS) is 20.5. The highest BCUT2D eigenvalue weighted by Gasteiger charge is 2.41. The van der Waals surface area contributed by atoms with Gasteiger partial charge < -0.3 is 9.47 Å². The molecule has 2 aliphatic rings. The van der Waals surface area contributed by atoms with E-state index in [0.717, 1.165) is 36.1 Å². The minimum atomic E-state index is -0.597. The predicted molar refractivity (Wildman–Crippen MR) is 100 cm³/mol. The highest BCUT2D eigenvalue weighted by atomic mass is 79.9. The molecule has 2 aromatic rings. The maximum absolute atomic E-state index is 6.24. The molecule has 0 atom stereocenters. The lowest BCUT2D eigenvalue weighted by molar-refractivity contribution is -0.309. The fraction of sp³-hybridized carbons (Fsp3) is 0.429. The van der Waals surface area contributed by atoms with Gasteiger partial charge in [-0.25, -0.2) is 0 Å². The summed E-state index contributed by atoms with van der Waals surface area (Å²) in [6.45, 7) is 7.96. The van der Waals surface area contributed by atoms with E-state index in [-0.39, 0.29) is 5.41 Å². The van der Waals surface area contributed by atoms with Crippen LogP contribution in [0.1, 0.15) is 43.9 Å². The first kappa shape index (κ1) is 16.3. The van der Waals surface area contributed by atoms with Gasteiger partial charge >= 0.3 is 0 Å². The minimum absolute atomic E-state index is 0.0813. The SMILES string of the molecule is CCC1(c2ccc3c(c2)Cc2cc(Br)ccc2-3)OCC(C)(C)CO1. The number of ether oxygens (including phenoxy) is 2. The Morgan fingerprint density at radius 2 is 1.58 bits per heavy atom. The average molecular weight is 387 g/mol. The third-order valence-corrected chi connectivity index (χ3v) is 5.63. The first-order chi connectivity index (χ1) is 11.4. The molecule has 4 rings (SSSR count). The van der Waals surface area contributed by atoms with Crippen LogP contribution in [0.25, 0.3) is 11.1 Å². The first-order valence-corrected chi connectivity index (χ1v) is 9.42. The monoisotopic (exact) mass is 386 g/mol. The van der Waals surface area contributed by atoms with Crippen molar-refractivity contribution in [3.05, 3.63) is 57.6 Å². The average Bonchev–Trinajstić information content (AvgIpc) is 2.92. The number of hydrogen-bond acceptors (Lipinski definition) is 2.